The maximum absolute atomic E-state index is 5.79. The summed E-state index contributed by atoms with van der Waals surface area (Å²) in [6.07, 6.45) is 3.43. The Morgan fingerprint density at radius 2 is 1.82 bits per heavy atom. The van der Waals surface area contributed by atoms with Crippen molar-refractivity contribution in [2.45, 2.75) is 20.8 Å². The summed E-state index contributed by atoms with van der Waals surface area (Å²) in [4.78, 5) is 0. The molecule has 0 aromatic heterocycles. The predicted molar refractivity (Wildman–Crippen MR) is 58.0 cm³/mol. The predicted octanol–water partition coefficient (Wildman–Crippen LogP) is 2.11. The summed E-state index contributed by atoms with van der Waals surface area (Å²) in [7, 11) is 0. The normalized spacial score (nSPS) is 15.3. The van der Waals surface area contributed by atoms with E-state index < -0.39 is 0 Å². The van der Waals surface area contributed by atoms with Gasteiger partial charge in [0.1, 0.15) is 0 Å². The van der Waals surface area contributed by atoms with Crippen LogP contribution in [0.25, 0.3) is 0 Å². The van der Waals surface area contributed by atoms with Crippen molar-refractivity contribution < 1.29 is 0 Å². The van der Waals surface area contributed by atoms with E-state index >= 15 is 0 Å². The Hall–Kier alpha value is -0.190. The highest BCUT2D eigenvalue weighted by atomic mass is 127. The van der Waals surface area contributed by atoms with Crippen molar-refractivity contribution in [3.05, 3.63) is 21.6 Å². The molecule has 4 N–H and O–H groups in total. The van der Waals surface area contributed by atoms with Crippen molar-refractivity contribution in [3.63, 3.8) is 0 Å². The highest BCUT2D eigenvalue weighted by molar-refractivity contribution is 14.1. The highest BCUT2D eigenvalue weighted by Crippen LogP contribution is 2.22. The second kappa shape index (κ2) is 3.99. The fourth-order valence-corrected chi connectivity index (χ4v) is 0.749. The van der Waals surface area contributed by atoms with Crippen LogP contribution in [-0.4, -0.2) is 0 Å². The van der Waals surface area contributed by atoms with Gasteiger partial charge in [0.05, 0.1) is 0 Å². The van der Waals surface area contributed by atoms with Gasteiger partial charge in [-0.15, -0.1) is 0 Å². The van der Waals surface area contributed by atoms with E-state index in [0.29, 0.717) is 0 Å². The molecule has 0 atom stereocenters. The van der Waals surface area contributed by atoms with Gasteiger partial charge in [0, 0.05) is 20.9 Å². The van der Waals surface area contributed by atoms with Gasteiger partial charge in [0.15, 0.2) is 0 Å². The Kier molecular flexibility index (Phi) is 3.92. The first-order valence-electron chi connectivity index (χ1n) is 3.43. The molecule has 0 spiro atoms. The SMILES string of the molecule is CC(C)(C)/C(N)=C/C(I)=C\N. The zero-order chi connectivity index (χ0) is 9.07. The standard InChI is InChI=1S/C8H15IN2/c1-8(2,3)7(11)4-6(9)5-10/h4-5H,10-11H2,1-3H3/b6-5+,7-4-. The van der Waals surface area contributed by atoms with E-state index in [1.165, 1.54) is 0 Å². The van der Waals surface area contributed by atoms with Gasteiger partial charge in [0.25, 0.3) is 0 Å². The lowest BCUT2D eigenvalue weighted by atomic mass is 9.92. The van der Waals surface area contributed by atoms with Gasteiger partial charge in [-0.05, 0) is 28.7 Å². The van der Waals surface area contributed by atoms with Gasteiger partial charge >= 0.3 is 0 Å². The van der Waals surface area contributed by atoms with Crippen LogP contribution in [0, 0.1) is 5.41 Å². The number of nitrogens with two attached hydrogens (primary N) is 2. The van der Waals surface area contributed by atoms with Gasteiger partial charge in [-0.25, -0.2) is 0 Å². The van der Waals surface area contributed by atoms with Crippen LogP contribution >= 0.6 is 22.6 Å². The summed E-state index contributed by atoms with van der Waals surface area (Å²) in [5.74, 6) is 0. The molecule has 0 heterocycles. The van der Waals surface area contributed by atoms with Gasteiger partial charge < -0.3 is 11.5 Å². The largest absolute Gasteiger partial charge is 0.404 e. The lowest BCUT2D eigenvalue weighted by Gasteiger charge is -2.18. The molecule has 0 bridgehead atoms. The van der Waals surface area contributed by atoms with Crippen LogP contribution in [-0.2, 0) is 0 Å². The molecule has 0 unspecified atom stereocenters. The van der Waals surface area contributed by atoms with Crippen molar-refractivity contribution in [2.24, 2.45) is 16.9 Å². The number of hydrogen-bond donors (Lipinski definition) is 2. The van der Waals surface area contributed by atoms with E-state index in [-0.39, 0.29) is 5.41 Å². The molecule has 3 heteroatoms. The molecule has 0 amide bonds. The number of hydrogen-bond acceptors (Lipinski definition) is 2. The number of allylic oxidation sites excluding steroid dienone is 3. The Morgan fingerprint density at radius 3 is 2.09 bits per heavy atom. The van der Waals surface area contributed by atoms with Crippen LogP contribution in [0.4, 0.5) is 0 Å². The van der Waals surface area contributed by atoms with E-state index in [4.69, 9.17) is 11.5 Å². The third-order valence-corrected chi connectivity index (χ3v) is 1.99. The van der Waals surface area contributed by atoms with Crippen LogP contribution in [0.5, 0.6) is 0 Å². The first kappa shape index (κ1) is 10.8. The van der Waals surface area contributed by atoms with E-state index in [1.807, 2.05) is 6.08 Å². The molecular formula is C8H15IN2. The number of halogens is 1. The average molecular weight is 266 g/mol. The third-order valence-electron chi connectivity index (χ3n) is 1.32. The molecule has 0 aromatic carbocycles. The minimum atomic E-state index is 0.0272. The maximum atomic E-state index is 5.79. The van der Waals surface area contributed by atoms with Crippen molar-refractivity contribution in [1.29, 1.82) is 0 Å². The van der Waals surface area contributed by atoms with Crippen LogP contribution in [0.1, 0.15) is 20.8 Å². The summed E-state index contributed by atoms with van der Waals surface area (Å²) in [5, 5.41) is 0. The van der Waals surface area contributed by atoms with E-state index in [2.05, 4.69) is 43.4 Å². The summed E-state index contributed by atoms with van der Waals surface area (Å²) < 4.78 is 0.968. The zero-order valence-electron chi connectivity index (χ0n) is 7.19. The average Bonchev–Trinajstić information content (AvgIpc) is 1.85. The van der Waals surface area contributed by atoms with Crippen LogP contribution < -0.4 is 11.5 Å². The smallest absolute Gasteiger partial charge is 0.0302 e. The zero-order valence-corrected chi connectivity index (χ0v) is 9.34. The maximum Gasteiger partial charge on any atom is 0.0302 e. The third kappa shape index (κ3) is 4.29. The van der Waals surface area contributed by atoms with Crippen LogP contribution in [0.15, 0.2) is 21.6 Å². The summed E-state index contributed by atoms with van der Waals surface area (Å²) in [6, 6.07) is 0. The minimum absolute atomic E-state index is 0.0272. The van der Waals surface area contributed by atoms with E-state index in [9.17, 15) is 0 Å². The quantitative estimate of drug-likeness (QED) is 0.564. The van der Waals surface area contributed by atoms with Crippen molar-refractivity contribution >= 4 is 22.6 Å². The topological polar surface area (TPSA) is 52.0 Å². The summed E-state index contributed by atoms with van der Waals surface area (Å²) >= 11 is 2.14. The molecular weight excluding hydrogens is 251 g/mol. The molecule has 0 saturated carbocycles. The summed E-state index contributed by atoms with van der Waals surface area (Å²) in [5.41, 5.74) is 12.0. The second-order valence-corrected chi connectivity index (χ2v) is 4.65. The van der Waals surface area contributed by atoms with Crippen molar-refractivity contribution in [1.82, 2.24) is 0 Å². The fourth-order valence-electron chi connectivity index (χ4n) is 0.413. The Balaban J connectivity index is 4.48. The van der Waals surface area contributed by atoms with Gasteiger partial charge in [-0.3, -0.25) is 0 Å². The molecule has 0 radical (unpaired) electrons. The first-order valence-corrected chi connectivity index (χ1v) is 4.51. The van der Waals surface area contributed by atoms with Crippen LogP contribution in [0.3, 0.4) is 0 Å². The van der Waals surface area contributed by atoms with Crippen molar-refractivity contribution in [2.75, 3.05) is 0 Å². The minimum Gasteiger partial charge on any atom is -0.404 e. The lowest BCUT2D eigenvalue weighted by Crippen LogP contribution is -2.16. The molecule has 2 nitrogen and oxygen atoms in total. The van der Waals surface area contributed by atoms with Gasteiger partial charge in [0.2, 0.25) is 0 Å². The number of rotatable bonds is 1. The van der Waals surface area contributed by atoms with E-state index in [0.717, 1.165) is 9.28 Å². The molecule has 0 aliphatic heterocycles. The molecule has 64 valence electrons. The van der Waals surface area contributed by atoms with E-state index in [1.54, 1.807) is 6.20 Å². The fraction of sp³-hybridized carbons (Fsp3) is 0.500. The summed E-state index contributed by atoms with van der Waals surface area (Å²) in [6.45, 7) is 6.21. The Labute approximate surface area is 81.9 Å². The van der Waals surface area contributed by atoms with Gasteiger partial charge in [-0.1, -0.05) is 20.8 Å². The molecule has 0 rings (SSSR count). The lowest BCUT2D eigenvalue weighted by molar-refractivity contribution is 0.497. The molecule has 11 heavy (non-hydrogen) atoms. The molecule has 0 aliphatic carbocycles. The monoisotopic (exact) mass is 266 g/mol. The Bertz CT molecular complexity index is 187. The van der Waals surface area contributed by atoms with Crippen molar-refractivity contribution in [3.8, 4) is 0 Å². The second-order valence-electron chi connectivity index (χ2n) is 3.40. The molecule has 0 fully saturated rings. The Morgan fingerprint density at radius 1 is 1.36 bits per heavy atom. The molecule has 0 aromatic rings. The first-order chi connectivity index (χ1) is 4.88. The van der Waals surface area contributed by atoms with Gasteiger partial charge in [-0.2, -0.15) is 0 Å². The molecule has 0 aliphatic rings. The highest BCUT2D eigenvalue weighted by Gasteiger charge is 2.12. The molecule has 0 saturated heterocycles. The van der Waals surface area contributed by atoms with Crippen LogP contribution in [0.2, 0.25) is 0 Å².